The Morgan fingerprint density at radius 1 is 0.714 bits per heavy atom. The Bertz CT molecular complexity index is 624. The van der Waals surface area contributed by atoms with Gasteiger partial charge in [0.15, 0.2) is 0 Å². The van der Waals surface area contributed by atoms with Gasteiger partial charge in [0.05, 0.1) is 7.11 Å². The SMILES string of the molecule is COc1ccc(OCCN2CCN(CCOc3ccc(SC)cc3)CC2)cc1. The van der Waals surface area contributed by atoms with Gasteiger partial charge >= 0.3 is 0 Å². The smallest absolute Gasteiger partial charge is 0.119 e. The number of benzene rings is 2. The summed E-state index contributed by atoms with van der Waals surface area (Å²) in [5.41, 5.74) is 0. The van der Waals surface area contributed by atoms with Crippen molar-refractivity contribution in [2.45, 2.75) is 4.90 Å². The second-order valence-electron chi connectivity index (χ2n) is 6.73. The van der Waals surface area contributed by atoms with E-state index < -0.39 is 0 Å². The van der Waals surface area contributed by atoms with Gasteiger partial charge in [-0.15, -0.1) is 11.8 Å². The summed E-state index contributed by atoms with van der Waals surface area (Å²) < 4.78 is 16.9. The van der Waals surface area contributed by atoms with Crippen LogP contribution in [0.1, 0.15) is 0 Å². The van der Waals surface area contributed by atoms with E-state index in [-0.39, 0.29) is 0 Å². The maximum absolute atomic E-state index is 5.87. The quantitative estimate of drug-likeness (QED) is 0.566. The predicted octanol–water partition coefficient (Wildman–Crippen LogP) is 3.49. The summed E-state index contributed by atoms with van der Waals surface area (Å²) in [6, 6.07) is 16.1. The first-order valence-corrected chi connectivity index (χ1v) is 11.0. The molecule has 6 heteroatoms. The number of methoxy groups -OCH3 is 1. The normalized spacial score (nSPS) is 15.4. The van der Waals surface area contributed by atoms with Crippen molar-refractivity contribution in [1.82, 2.24) is 9.80 Å². The van der Waals surface area contributed by atoms with Crippen LogP contribution in [-0.2, 0) is 0 Å². The maximum Gasteiger partial charge on any atom is 0.119 e. The molecule has 1 fully saturated rings. The molecule has 0 aliphatic carbocycles. The van der Waals surface area contributed by atoms with Gasteiger partial charge in [0.2, 0.25) is 0 Å². The van der Waals surface area contributed by atoms with E-state index in [1.54, 1.807) is 18.9 Å². The van der Waals surface area contributed by atoms with Gasteiger partial charge in [0.25, 0.3) is 0 Å². The van der Waals surface area contributed by atoms with Gasteiger partial charge in [-0.1, -0.05) is 0 Å². The Kier molecular flexibility index (Phi) is 8.33. The van der Waals surface area contributed by atoms with Crippen LogP contribution in [0.15, 0.2) is 53.4 Å². The molecule has 1 aliphatic heterocycles. The van der Waals surface area contributed by atoms with Gasteiger partial charge < -0.3 is 14.2 Å². The van der Waals surface area contributed by atoms with Gasteiger partial charge in [-0.25, -0.2) is 0 Å². The van der Waals surface area contributed by atoms with Gasteiger partial charge in [-0.05, 0) is 54.8 Å². The molecule has 0 spiro atoms. The Morgan fingerprint density at radius 3 is 1.57 bits per heavy atom. The fourth-order valence-corrected chi connectivity index (χ4v) is 3.57. The molecule has 0 amide bonds. The highest BCUT2D eigenvalue weighted by Crippen LogP contribution is 2.19. The molecule has 152 valence electrons. The zero-order valence-electron chi connectivity index (χ0n) is 16.8. The molecule has 0 atom stereocenters. The maximum atomic E-state index is 5.87. The predicted molar refractivity (Wildman–Crippen MR) is 115 cm³/mol. The molecule has 2 aromatic carbocycles. The first kappa shape index (κ1) is 20.8. The average molecular weight is 403 g/mol. The zero-order chi connectivity index (χ0) is 19.6. The number of nitrogens with zero attached hydrogens (tertiary/aromatic N) is 2. The van der Waals surface area contributed by atoms with Crippen molar-refractivity contribution >= 4 is 11.8 Å². The highest BCUT2D eigenvalue weighted by atomic mass is 32.2. The first-order chi connectivity index (χ1) is 13.8. The van der Waals surface area contributed by atoms with Crippen molar-refractivity contribution < 1.29 is 14.2 Å². The van der Waals surface area contributed by atoms with Crippen LogP contribution in [0.5, 0.6) is 17.2 Å². The van der Waals surface area contributed by atoms with E-state index in [1.807, 2.05) is 36.4 Å². The standard InChI is InChI=1S/C22H30N2O3S/c1-25-19-3-5-20(6-4-19)26-17-15-23-11-13-24(14-12-23)16-18-27-21-7-9-22(28-2)10-8-21/h3-10H,11-18H2,1-2H3. The van der Waals surface area contributed by atoms with Crippen molar-refractivity contribution in [3.63, 3.8) is 0 Å². The number of hydrogen-bond acceptors (Lipinski definition) is 6. The lowest BCUT2D eigenvalue weighted by Crippen LogP contribution is -2.48. The minimum absolute atomic E-state index is 0.710. The van der Waals surface area contributed by atoms with Crippen LogP contribution >= 0.6 is 11.8 Å². The minimum Gasteiger partial charge on any atom is -0.497 e. The van der Waals surface area contributed by atoms with Crippen LogP contribution in [-0.4, -0.2) is 75.6 Å². The zero-order valence-corrected chi connectivity index (χ0v) is 17.6. The fourth-order valence-electron chi connectivity index (χ4n) is 3.17. The van der Waals surface area contributed by atoms with E-state index in [4.69, 9.17) is 14.2 Å². The fraction of sp³-hybridized carbons (Fsp3) is 0.455. The van der Waals surface area contributed by atoms with Crippen LogP contribution in [0.2, 0.25) is 0 Å². The summed E-state index contributed by atoms with van der Waals surface area (Å²) in [6.45, 7) is 7.69. The second kappa shape index (κ2) is 11.2. The lowest BCUT2D eigenvalue weighted by molar-refractivity contribution is 0.105. The largest absolute Gasteiger partial charge is 0.497 e. The highest BCUT2D eigenvalue weighted by Gasteiger charge is 2.16. The second-order valence-corrected chi connectivity index (χ2v) is 7.61. The van der Waals surface area contributed by atoms with Gasteiger partial charge in [-0.3, -0.25) is 9.80 Å². The van der Waals surface area contributed by atoms with E-state index in [0.717, 1.165) is 63.1 Å². The Labute approximate surface area is 172 Å². The molecule has 1 aliphatic rings. The van der Waals surface area contributed by atoms with E-state index in [9.17, 15) is 0 Å². The lowest BCUT2D eigenvalue weighted by atomic mass is 10.3. The lowest BCUT2D eigenvalue weighted by Gasteiger charge is -2.34. The van der Waals surface area contributed by atoms with Crippen LogP contribution < -0.4 is 14.2 Å². The summed E-state index contributed by atoms with van der Waals surface area (Å²) in [4.78, 5) is 6.19. The van der Waals surface area contributed by atoms with E-state index in [0.29, 0.717) is 6.61 Å². The summed E-state index contributed by atoms with van der Waals surface area (Å²) >= 11 is 1.75. The number of hydrogen-bond donors (Lipinski definition) is 0. The third-order valence-corrected chi connectivity index (χ3v) is 5.68. The molecule has 3 rings (SSSR count). The number of rotatable bonds is 10. The third-order valence-electron chi connectivity index (χ3n) is 4.94. The Balaban J connectivity index is 1.27. The van der Waals surface area contributed by atoms with Crippen LogP contribution in [0, 0.1) is 0 Å². The highest BCUT2D eigenvalue weighted by molar-refractivity contribution is 7.98. The summed E-state index contributed by atoms with van der Waals surface area (Å²) in [5, 5.41) is 0. The summed E-state index contributed by atoms with van der Waals surface area (Å²) in [7, 11) is 1.67. The number of ether oxygens (including phenoxy) is 3. The van der Waals surface area contributed by atoms with Gasteiger partial charge in [-0.2, -0.15) is 0 Å². The summed E-state index contributed by atoms with van der Waals surface area (Å²) in [5.74, 6) is 2.69. The molecule has 28 heavy (non-hydrogen) atoms. The molecule has 0 bridgehead atoms. The number of thioether (sulfide) groups is 1. The molecule has 1 heterocycles. The first-order valence-electron chi connectivity index (χ1n) is 9.75. The monoisotopic (exact) mass is 402 g/mol. The van der Waals surface area contributed by atoms with Crippen molar-refractivity contribution in [2.75, 3.05) is 65.8 Å². The van der Waals surface area contributed by atoms with E-state index in [2.05, 4.69) is 28.2 Å². The van der Waals surface area contributed by atoms with Crippen LogP contribution in [0.3, 0.4) is 0 Å². The topological polar surface area (TPSA) is 34.2 Å². The molecular formula is C22H30N2O3S. The van der Waals surface area contributed by atoms with Gasteiger partial charge in [0, 0.05) is 44.2 Å². The summed E-state index contributed by atoms with van der Waals surface area (Å²) in [6.07, 6.45) is 2.08. The van der Waals surface area contributed by atoms with Crippen molar-refractivity contribution in [2.24, 2.45) is 0 Å². The average Bonchev–Trinajstić information content (AvgIpc) is 2.76. The molecule has 0 N–H and O–H groups in total. The van der Waals surface area contributed by atoms with Crippen molar-refractivity contribution in [3.8, 4) is 17.2 Å². The molecule has 2 aromatic rings. The van der Waals surface area contributed by atoms with Crippen LogP contribution in [0.4, 0.5) is 0 Å². The van der Waals surface area contributed by atoms with Gasteiger partial charge in [0.1, 0.15) is 30.5 Å². The molecular weight excluding hydrogens is 372 g/mol. The Morgan fingerprint density at radius 2 is 1.14 bits per heavy atom. The van der Waals surface area contributed by atoms with E-state index in [1.165, 1.54) is 4.90 Å². The minimum atomic E-state index is 0.710. The number of piperazine rings is 1. The van der Waals surface area contributed by atoms with Crippen LogP contribution in [0.25, 0.3) is 0 Å². The molecule has 0 radical (unpaired) electrons. The Hall–Kier alpha value is -1.89. The molecule has 0 saturated carbocycles. The molecule has 0 aromatic heterocycles. The molecule has 5 nitrogen and oxygen atoms in total. The molecule has 0 unspecified atom stereocenters. The van der Waals surface area contributed by atoms with Crippen molar-refractivity contribution in [1.29, 1.82) is 0 Å². The van der Waals surface area contributed by atoms with Crippen molar-refractivity contribution in [3.05, 3.63) is 48.5 Å². The molecule has 1 saturated heterocycles. The third kappa shape index (κ3) is 6.62. The van der Waals surface area contributed by atoms with E-state index >= 15 is 0 Å².